The molecule has 0 saturated carbocycles. The molecule has 0 atom stereocenters. The van der Waals surface area contributed by atoms with E-state index in [0.717, 1.165) is 50.8 Å². The highest BCUT2D eigenvalue weighted by atomic mass is 16.5. The van der Waals surface area contributed by atoms with Gasteiger partial charge in [0.25, 0.3) is 6.33 Å². The summed E-state index contributed by atoms with van der Waals surface area (Å²) in [5, 5.41) is 2.35. The number of hydrogen-bond donors (Lipinski definition) is 0. The maximum absolute atomic E-state index is 6.59. The predicted molar refractivity (Wildman–Crippen MR) is 201 cm³/mol. The molecule has 248 valence electrons. The van der Waals surface area contributed by atoms with Gasteiger partial charge >= 0.3 is 0 Å². The highest BCUT2D eigenvalue weighted by Gasteiger charge is 2.25. The fourth-order valence-electron chi connectivity index (χ4n) is 6.41. The molecule has 3 heterocycles. The standard InChI is InChI=1S/C44H46N4O/c1-42(2,3)30-23-31(43(4,5)6)25-33(24-30)46-28-40(44(7,8)9)47(29-46)32-15-14-16-34(26-32)49-35-20-21-37-36-17-10-11-18-38(36)48(39(37)27-35)41-19-12-13-22-45-41/h10-28H,1-9H3. The van der Waals surface area contributed by atoms with Gasteiger partial charge in [-0.25, -0.2) is 4.98 Å². The summed E-state index contributed by atoms with van der Waals surface area (Å²) < 4.78 is 13.1. The second-order valence-corrected chi connectivity index (χ2v) is 16.2. The number of hydrogen-bond acceptors (Lipinski definition) is 2. The Morgan fingerprint density at radius 2 is 1.29 bits per heavy atom. The monoisotopic (exact) mass is 646 g/mol. The van der Waals surface area contributed by atoms with Gasteiger partial charge in [-0.1, -0.05) is 98.7 Å². The summed E-state index contributed by atoms with van der Waals surface area (Å²) in [6.45, 7) is 20.4. The molecule has 0 N–H and O–H groups in total. The number of aromatic nitrogens is 4. The Kier molecular flexibility index (Phi) is 7.78. The smallest absolute Gasteiger partial charge is 0.269 e. The van der Waals surface area contributed by atoms with Crippen LogP contribution in [0.15, 0.2) is 116 Å². The van der Waals surface area contributed by atoms with Crippen LogP contribution in [0.1, 0.15) is 79.1 Å². The van der Waals surface area contributed by atoms with Gasteiger partial charge in [0.1, 0.15) is 17.3 Å². The minimum Gasteiger partial charge on any atom is -0.458 e. The number of pyridine rings is 1. The molecule has 7 rings (SSSR count). The average Bonchev–Trinajstić information content (AvgIpc) is 3.65. The lowest BCUT2D eigenvalue weighted by Gasteiger charge is -2.26. The van der Waals surface area contributed by atoms with Gasteiger partial charge < -0.3 is 4.74 Å². The van der Waals surface area contributed by atoms with Crippen LogP contribution in [0.25, 0.3) is 39.0 Å². The van der Waals surface area contributed by atoms with E-state index in [1.807, 2.05) is 30.5 Å². The second-order valence-electron chi connectivity index (χ2n) is 16.2. The molecule has 4 aromatic carbocycles. The summed E-state index contributed by atoms with van der Waals surface area (Å²) in [7, 11) is 0. The first-order valence-corrected chi connectivity index (χ1v) is 17.1. The van der Waals surface area contributed by atoms with Crippen molar-refractivity contribution in [3.05, 3.63) is 139 Å². The SMILES string of the molecule is CC(C)(C)c1cc(-[n+]2[c-]n(-c3cccc(Oc4ccc5c6ccccc6n(-c6ccccn6)c5c4)c3)c(C(C)(C)C)c2)cc(C(C)(C)C)c1. The third kappa shape index (κ3) is 6.26. The van der Waals surface area contributed by atoms with E-state index in [4.69, 9.17) is 4.74 Å². The normalized spacial score (nSPS) is 12.6. The van der Waals surface area contributed by atoms with Crippen molar-refractivity contribution >= 4 is 21.8 Å². The third-order valence-corrected chi connectivity index (χ3v) is 9.23. The number of benzene rings is 4. The van der Waals surface area contributed by atoms with Gasteiger partial charge in [0.05, 0.1) is 28.1 Å². The maximum atomic E-state index is 6.59. The lowest BCUT2D eigenvalue weighted by molar-refractivity contribution is -0.599. The Morgan fingerprint density at radius 3 is 1.96 bits per heavy atom. The van der Waals surface area contributed by atoms with Crippen molar-refractivity contribution in [2.75, 3.05) is 0 Å². The van der Waals surface area contributed by atoms with Gasteiger partial charge in [-0.05, 0) is 88.0 Å². The summed E-state index contributed by atoms with van der Waals surface area (Å²) in [5.41, 5.74) is 7.98. The predicted octanol–water partition coefficient (Wildman–Crippen LogP) is 10.7. The van der Waals surface area contributed by atoms with Crippen molar-refractivity contribution in [3.63, 3.8) is 0 Å². The molecule has 0 aliphatic rings. The molecule has 0 aliphatic carbocycles. The van der Waals surface area contributed by atoms with E-state index >= 15 is 0 Å². The average molecular weight is 647 g/mol. The van der Waals surface area contributed by atoms with Crippen LogP contribution in [0.3, 0.4) is 0 Å². The fraction of sp³-hybridized carbons (Fsp3) is 0.273. The Balaban J connectivity index is 1.30. The van der Waals surface area contributed by atoms with Crippen molar-refractivity contribution in [2.45, 2.75) is 78.6 Å². The number of rotatable bonds is 5. The topological polar surface area (TPSA) is 35.9 Å². The van der Waals surface area contributed by atoms with Gasteiger partial charge in [-0.3, -0.25) is 13.7 Å². The van der Waals surface area contributed by atoms with Crippen LogP contribution in [0.4, 0.5) is 0 Å². The van der Waals surface area contributed by atoms with Gasteiger partial charge in [-0.2, -0.15) is 0 Å². The fourth-order valence-corrected chi connectivity index (χ4v) is 6.41. The van der Waals surface area contributed by atoms with E-state index in [0.29, 0.717) is 0 Å². The van der Waals surface area contributed by atoms with Crippen molar-refractivity contribution in [3.8, 4) is 28.7 Å². The molecular formula is C44H46N4O. The van der Waals surface area contributed by atoms with E-state index in [2.05, 4.69) is 172 Å². The van der Waals surface area contributed by atoms with Crippen LogP contribution >= 0.6 is 0 Å². The molecule has 7 aromatic rings. The molecule has 0 bridgehead atoms. The van der Waals surface area contributed by atoms with E-state index in [9.17, 15) is 0 Å². The quantitative estimate of drug-likeness (QED) is 0.138. The van der Waals surface area contributed by atoms with E-state index < -0.39 is 0 Å². The largest absolute Gasteiger partial charge is 0.458 e. The molecule has 5 heteroatoms. The maximum Gasteiger partial charge on any atom is 0.269 e. The van der Waals surface area contributed by atoms with Crippen molar-refractivity contribution in [2.24, 2.45) is 0 Å². The van der Waals surface area contributed by atoms with Gasteiger partial charge in [-0.15, -0.1) is 0 Å². The molecule has 0 radical (unpaired) electrons. The van der Waals surface area contributed by atoms with Gasteiger partial charge in [0.15, 0.2) is 0 Å². The molecule has 0 amide bonds. The first-order chi connectivity index (χ1) is 23.2. The molecule has 3 aromatic heterocycles. The summed E-state index contributed by atoms with van der Waals surface area (Å²) in [6.07, 6.45) is 7.76. The molecule has 0 unspecified atom stereocenters. The van der Waals surface area contributed by atoms with Gasteiger partial charge in [0.2, 0.25) is 0 Å². The molecule has 5 nitrogen and oxygen atoms in total. The van der Waals surface area contributed by atoms with Crippen molar-refractivity contribution < 1.29 is 9.30 Å². The highest BCUT2D eigenvalue weighted by Crippen LogP contribution is 2.36. The van der Waals surface area contributed by atoms with Crippen molar-refractivity contribution in [1.29, 1.82) is 0 Å². The molecule has 49 heavy (non-hydrogen) atoms. The zero-order valence-electron chi connectivity index (χ0n) is 30.2. The number of para-hydroxylation sites is 1. The first-order valence-electron chi connectivity index (χ1n) is 17.1. The van der Waals surface area contributed by atoms with E-state index in [1.165, 1.54) is 16.5 Å². The minimum absolute atomic E-state index is 0.0205. The zero-order chi connectivity index (χ0) is 34.7. The molecular weight excluding hydrogens is 601 g/mol. The van der Waals surface area contributed by atoms with Crippen LogP contribution in [0, 0.1) is 6.33 Å². The van der Waals surface area contributed by atoms with Crippen LogP contribution in [-0.2, 0) is 16.2 Å². The Bertz CT molecular complexity index is 2270. The Labute approximate surface area is 290 Å². The summed E-state index contributed by atoms with van der Waals surface area (Å²) in [4.78, 5) is 4.68. The van der Waals surface area contributed by atoms with E-state index in [1.54, 1.807) is 0 Å². The van der Waals surface area contributed by atoms with Crippen molar-refractivity contribution in [1.82, 2.24) is 14.1 Å². The minimum atomic E-state index is -0.128. The van der Waals surface area contributed by atoms with Gasteiger partial charge in [0, 0.05) is 29.2 Å². The molecule has 0 fully saturated rings. The van der Waals surface area contributed by atoms with E-state index in [-0.39, 0.29) is 16.2 Å². The second kappa shape index (κ2) is 11.8. The Hall–Kier alpha value is -5.16. The lowest BCUT2D eigenvalue weighted by Crippen LogP contribution is -2.30. The number of imidazole rings is 1. The third-order valence-electron chi connectivity index (χ3n) is 9.23. The summed E-state index contributed by atoms with van der Waals surface area (Å²) in [6, 6.07) is 36.0. The number of ether oxygens (including phenoxy) is 1. The lowest BCUT2D eigenvalue weighted by atomic mass is 9.80. The first kappa shape index (κ1) is 32.4. The zero-order valence-corrected chi connectivity index (χ0v) is 30.2. The van der Waals surface area contributed by atoms with Crippen LogP contribution < -0.4 is 9.30 Å². The summed E-state index contributed by atoms with van der Waals surface area (Å²) in [5.74, 6) is 2.40. The highest BCUT2D eigenvalue weighted by molar-refractivity contribution is 6.09. The van der Waals surface area contributed by atoms with Crippen LogP contribution in [0.2, 0.25) is 0 Å². The number of fused-ring (bicyclic) bond motifs is 3. The summed E-state index contributed by atoms with van der Waals surface area (Å²) >= 11 is 0. The molecule has 0 saturated heterocycles. The van der Waals surface area contributed by atoms with Crippen LogP contribution in [-0.4, -0.2) is 14.1 Å². The molecule has 0 aliphatic heterocycles. The molecule has 0 spiro atoms. The Morgan fingerprint density at radius 1 is 0.612 bits per heavy atom. The van der Waals surface area contributed by atoms with Crippen LogP contribution in [0.5, 0.6) is 11.5 Å². The number of nitrogens with zero attached hydrogens (tertiary/aromatic N) is 4.